The van der Waals surface area contributed by atoms with Crippen LogP contribution in [0.3, 0.4) is 0 Å². The van der Waals surface area contributed by atoms with Crippen LogP contribution < -0.4 is 0 Å². The molecule has 2 nitrogen and oxygen atoms in total. The van der Waals surface area contributed by atoms with E-state index in [0.717, 1.165) is 17.5 Å². The molecule has 0 spiro atoms. The quantitative estimate of drug-likeness (QED) is 0.757. The van der Waals surface area contributed by atoms with Crippen molar-refractivity contribution in [2.45, 2.75) is 13.3 Å². The number of hydrogen-bond acceptors (Lipinski definition) is 2. The van der Waals surface area contributed by atoms with Crippen molar-refractivity contribution < 1.29 is 9.53 Å². The molecule has 2 aromatic carbocycles. The van der Waals surface area contributed by atoms with Crippen LogP contribution in [0.5, 0.6) is 0 Å². The van der Waals surface area contributed by atoms with Crippen LogP contribution >= 0.6 is 0 Å². The van der Waals surface area contributed by atoms with Gasteiger partial charge >= 0.3 is 5.97 Å². The lowest BCUT2D eigenvalue weighted by atomic mass is 10.00. The highest BCUT2D eigenvalue weighted by Gasteiger charge is 2.12. The average molecular weight is 240 g/mol. The first-order valence-corrected chi connectivity index (χ1v) is 6.14. The SMILES string of the molecule is CCCOC(=O)c1ccccc1-c1ccccc1. The second-order valence-electron chi connectivity index (χ2n) is 4.05. The van der Waals surface area contributed by atoms with Crippen molar-refractivity contribution in [3.05, 3.63) is 60.2 Å². The van der Waals surface area contributed by atoms with E-state index in [1.54, 1.807) is 6.07 Å². The van der Waals surface area contributed by atoms with Gasteiger partial charge in [0.2, 0.25) is 0 Å². The van der Waals surface area contributed by atoms with Crippen molar-refractivity contribution in [1.29, 1.82) is 0 Å². The molecule has 0 aliphatic heterocycles. The molecule has 0 aliphatic carbocycles. The number of ether oxygens (including phenoxy) is 1. The first kappa shape index (κ1) is 12.4. The molecule has 0 amide bonds. The number of carbonyl (C=O) groups is 1. The third-order valence-corrected chi connectivity index (χ3v) is 2.67. The number of hydrogen-bond donors (Lipinski definition) is 0. The van der Waals surface area contributed by atoms with Crippen LogP contribution in [-0.4, -0.2) is 12.6 Å². The Morgan fingerprint density at radius 2 is 1.67 bits per heavy atom. The summed E-state index contributed by atoms with van der Waals surface area (Å²) in [4.78, 5) is 12.0. The first-order chi connectivity index (χ1) is 8.83. The zero-order valence-electron chi connectivity index (χ0n) is 10.4. The van der Waals surface area contributed by atoms with Gasteiger partial charge in [-0.05, 0) is 23.6 Å². The van der Waals surface area contributed by atoms with Crippen molar-refractivity contribution in [2.75, 3.05) is 6.61 Å². The van der Waals surface area contributed by atoms with Gasteiger partial charge in [-0.15, -0.1) is 0 Å². The molecule has 18 heavy (non-hydrogen) atoms. The topological polar surface area (TPSA) is 26.3 Å². The fraction of sp³-hybridized carbons (Fsp3) is 0.188. The molecule has 0 fully saturated rings. The second-order valence-corrected chi connectivity index (χ2v) is 4.05. The van der Waals surface area contributed by atoms with Crippen LogP contribution in [0.15, 0.2) is 54.6 Å². The minimum atomic E-state index is -0.253. The number of benzene rings is 2. The molecule has 0 saturated heterocycles. The Morgan fingerprint density at radius 3 is 2.39 bits per heavy atom. The summed E-state index contributed by atoms with van der Waals surface area (Å²) < 4.78 is 5.20. The maximum Gasteiger partial charge on any atom is 0.338 e. The van der Waals surface area contributed by atoms with Crippen molar-refractivity contribution in [2.24, 2.45) is 0 Å². The summed E-state index contributed by atoms with van der Waals surface area (Å²) in [5.74, 6) is -0.253. The van der Waals surface area contributed by atoms with E-state index >= 15 is 0 Å². The molecule has 0 N–H and O–H groups in total. The third-order valence-electron chi connectivity index (χ3n) is 2.67. The normalized spacial score (nSPS) is 10.1. The van der Waals surface area contributed by atoms with E-state index in [-0.39, 0.29) is 5.97 Å². The molecule has 92 valence electrons. The lowest BCUT2D eigenvalue weighted by Gasteiger charge is -2.09. The minimum Gasteiger partial charge on any atom is -0.462 e. The Hall–Kier alpha value is -2.09. The van der Waals surface area contributed by atoms with Gasteiger partial charge in [0, 0.05) is 0 Å². The molecule has 0 saturated carbocycles. The number of carbonyl (C=O) groups excluding carboxylic acids is 1. The molecule has 2 rings (SSSR count). The van der Waals surface area contributed by atoms with Gasteiger partial charge in [0.1, 0.15) is 0 Å². The summed E-state index contributed by atoms with van der Waals surface area (Å²) >= 11 is 0. The highest BCUT2D eigenvalue weighted by Crippen LogP contribution is 2.23. The van der Waals surface area contributed by atoms with Gasteiger partial charge in [0.05, 0.1) is 12.2 Å². The fourth-order valence-corrected chi connectivity index (χ4v) is 1.80. The van der Waals surface area contributed by atoms with Crippen LogP contribution in [0.4, 0.5) is 0 Å². The van der Waals surface area contributed by atoms with E-state index in [1.807, 2.05) is 55.5 Å². The summed E-state index contributed by atoms with van der Waals surface area (Å²) in [6.07, 6.45) is 0.833. The van der Waals surface area contributed by atoms with Gasteiger partial charge < -0.3 is 4.74 Å². The zero-order valence-corrected chi connectivity index (χ0v) is 10.4. The Bertz CT molecular complexity index is 518. The summed E-state index contributed by atoms with van der Waals surface area (Å²) in [7, 11) is 0. The maximum atomic E-state index is 12.0. The van der Waals surface area contributed by atoms with E-state index in [0.29, 0.717) is 12.2 Å². The van der Waals surface area contributed by atoms with E-state index in [2.05, 4.69) is 0 Å². The van der Waals surface area contributed by atoms with Gasteiger partial charge in [-0.1, -0.05) is 55.5 Å². The number of rotatable bonds is 4. The van der Waals surface area contributed by atoms with Gasteiger partial charge in [0.25, 0.3) is 0 Å². The van der Waals surface area contributed by atoms with Crippen molar-refractivity contribution >= 4 is 5.97 Å². The predicted octanol–water partition coefficient (Wildman–Crippen LogP) is 3.92. The summed E-state index contributed by atoms with van der Waals surface area (Å²) in [5.41, 5.74) is 2.57. The minimum absolute atomic E-state index is 0.253. The van der Waals surface area contributed by atoms with Gasteiger partial charge in [-0.25, -0.2) is 4.79 Å². The van der Waals surface area contributed by atoms with Crippen molar-refractivity contribution in [1.82, 2.24) is 0 Å². The Morgan fingerprint density at radius 1 is 1.00 bits per heavy atom. The highest BCUT2D eigenvalue weighted by molar-refractivity contribution is 5.97. The van der Waals surface area contributed by atoms with Crippen molar-refractivity contribution in [3.8, 4) is 11.1 Å². The molecule has 0 aromatic heterocycles. The van der Waals surface area contributed by atoms with Gasteiger partial charge in [-0.2, -0.15) is 0 Å². The summed E-state index contributed by atoms with van der Waals surface area (Å²) in [5, 5.41) is 0. The van der Waals surface area contributed by atoms with Crippen LogP contribution in [-0.2, 0) is 4.74 Å². The summed E-state index contributed by atoms with van der Waals surface area (Å²) in [6, 6.07) is 17.4. The molecular weight excluding hydrogens is 224 g/mol. The van der Waals surface area contributed by atoms with Gasteiger partial charge in [0.15, 0.2) is 0 Å². The average Bonchev–Trinajstić information content (AvgIpc) is 2.45. The smallest absolute Gasteiger partial charge is 0.338 e. The predicted molar refractivity (Wildman–Crippen MR) is 72.5 cm³/mol. The molecule has 2 aromatic rings. The molecule has 0 radical (unpaired) electrons. The molecule has 0 atom stereocenters. The maximum absolute atomic E-state index is 12.0. The zero-order chi connectivity index (χ0) is 12.8. The van der Waals surface area contributed by atoms with E-state index in [1.165, 1.54) is 0 Å². The van der Waals surface area contributed by atoms with Crippen LogP contribution in [0.1, 0.15) is 23.7 Å². The monoisotopic (exact) mass is 240 g/mol. The third kappa shape index (κ3) is 2.77. The molecule has 0 unspecified atom stereocenters. The van der Waals surface area contributed by atoms with Crippen LogP contribution in [0.2, 0.25) is 0 Å². The Balaban J connectivity index is 2.34. The lowest BCUT2D eigenvalue weighted by molar-refractivity contribution is 0.0506. The molecule has 0 bridgehead atoms. The Kier molecular flexibility index (Phi) is 4.13. The fourth-order valence-electron chi connectivity index (χ4n) is 1.80. The van der Waals surface area contributed by atoms with Crippen LogP contribution in [0, 0.1) is 0 Å². The number of esters is 1. The van der Waals surface area contributed by atoms with E-state index in [4.69, 9.17) is 4.74 Å². The standard InChI is InChI=1S/C16H16O2/c1-2-12-18-16(17)15-11-7-6-10-14(15)13-8-4-3-5-9-13/h3-11H,2,12H2,1H3. The highest BCUT2D eigenvalue weighted by atomic mass is 16.5. The first-order valence-electron chi connectivity index (χ1n) is 6.14. The molecular formula is C16H16O2. The van der Waals surface area contributed by atoms with E-state index < -0.39 is 0 Å². The largest absolute Gasteiger partial charge is 0.462 e. The van der Waals surface area contributed by atoms with Crippen LogP contribution in [0.25, 0.3) is 11.1 Å². The van der Waals surface area contributed by atoms with E-state index in [9.17, 15) is 4.79 Å². The molecule has 0 heterocycles. The molecule has 0 aliphatic rings. The molecule has 2 heteroatoms. The Labute approximate surface area is 107 Å². The summed E-state index contributed by atoms with van der Waals surface area (Å²) in [6.45, 7) is 2.44. The second kappa shape index (κ2) is 6.01. The van der Waals surface area contributed by atoms with Crippen molar-refractivity contribution in [3.63, 3.8) is 0 Å². The van der Waals surface area contributed by atoms with Gasteiger partial charge in [-0.3, -0.25) is 0 Å². The lowest BCUT2D eigenvalue weighted by Crippen LogP contribution is -2.07.